The second-order valence-electron chi connectivity index (χ2n) is 14.2. The Morgan fingerprint density at radius 3 is 1.15 bits per heavy atom. The van der Waals surface area contributed by atoms with Crippen molar-refractivity contribution in [2.24, 2.45) is 0 Å². The minimum absolute atomic E-state index is 1.26. The summed E-state index contributed by atoms with van der Waals surface area (Å²) >= 11 is 0. The average Bonchev–Trinajstić information content (AvgIpc) is 3.23. The molecule has 10 aromatic carbocycles. The molecule has 0 atom stereocenters. The van der Waals surface area contributed by atoms with Crippen LogP contribution in [0, 0.1) is 13.8 Å². The molecule has 0 fully saturated rings. The summed E-state index contributed by atoms with van der Waals surface area (Å²) in [4.78, 5) is 0. The Morgan fingerprint density at radius 2 is 0.648 bits per heavy atom. The Bertz CT molecular complexity index is 2750. The van der Waals surface area contributed by atoms with Gasteiger partial charge in [0.15, 0.2) is 0 Å². The zero-order chi connectivity index (χ0) is 36.4. The summed E-state index contributed by atoms with van der Waals surface area (Å²) in [5, 5.41) is 10.4. The standard InChI is InChI=1S/C28H22.C26H18/c1-19-10-14-21(15-11-19)25-9-5-7-24-18-23-6-3-4-8-26(23)27(28(24)25)22-16-12-20(2)13-17-22;1-3-11-19(12-4-1)25-21-15-7-9-17-23(21)26(20-13-5-2-6-14-20)24-18-10-8-16-22(24)25/h3-18H,1-2H3;1-18H. The summed E-state index contributed by atoms with van der Waals surface area (Å²) < 4.78 is 0. The van der Waals surface area contributed by atoms with Crippen LogP contribution < -0.4 is 0 Å². The highest BCUT2D eigenvalue weighted by atomic mass is 14.2. The van der Waals surface area contributed by atoms with Gasteiger partial charge >= 0.3 is 0 Å². The lowest BCUT2D eigenvalue weighted by molar-refractivity contribution is 1.47. The number of fused-ring (bicyclic) bond motifs is 4. The minimum Gasteiger partial charge on any atom is -0.0622 e. The normalized spacial score (nSPS) is 11.1. The summed E-state index contributed by atoms with van der Waals surface area (Å²) in [6.07, 6.45) is 0. The fraction of sp³-hybridized carbons (Fsp3) is 0.0370. The van der Waals surface area contributed by atoms with E-state index in [1.165, 1.54) is 98.7 Å². The molecule has 0 aliphatic heterocycles. The molecule has 0 heterocycles. The molecule has 256 valence electrons. The number of aryl methyl sites for hydroxylation is 2. The molecule has 0 N–H and O–H groups in total. The topological polar surface area (TPSA) is 0 Å². The molecule has 0 amide bonds. The molecule has 0 heteroatoms. The molecule has 10 rings (SSSR count). The summed E-state index contributed by atoms with van der Waals surface area (Å²) in [5.74, 6) is 0. The summed E-state index contributed by atoms with van der Waals surface area (Å²) in [7, 11) is 0. The van der Waals surface area contributed by atoms with Gasteiger partial charge in [-0.25, -0.2) is 0 Å². The van der Waals surface area contributed by atoms with Gasteiger partial charge in [-0.15, -0.1) is 0 Å². The van der Waals surface area contributed by atoms with Gasteiger partial charge in [0.1, 0.15) is 0 Å². The minimum atomic E-state index is 1.26. The van der Waals surface area contributed by atoms with E-state index in [9.17, 15) is 0 Å². The maximum atomic E-state index is 2.32. The molecule has 0 unspecified atom stereocenters. The SMILES string of the molecule is Cc1ccc(-c2cccc3cc4ccccc4c(-c4ccc(C)cc4)c23)cc1.c1ccc(-c2c3ccccc3c(-c3ccccc3)c3ccccc23)cc1. The third-order valence-corrected chi connectivity index (χ3v) is 10.6. The van der Waals surface area contributed by atoms with Crippen molar-refractivity contribution in [2.75, 3.05) is 0 Å². The van der Waals surface area contributed by atoms with Crippen molar-refractivity contribution >= 4 is 43.1 Å². The molecule has 0 saturated heterocycles. The molecule has 0 aliphatic rings. The highest BCUT2D eigenvalue weighted by Gasteiger charge is 2.16. The summed E-state index contributed by atoms with van der Waals surface area (Å²) in [6, 6.07) is 74.4. The van der Waals surface area contributed by atoms with Gasteiger partial charge in [-0.3, -0.25) is 0 Å². The van der Waals surface area contributed by atoms with Crippen LogP contribution in [0.2, 0.25) is 0 Å². The Hall–Kier alpha value is -6.76. The molecule has 54 heavy (non-hydrogen) atoms. The molecule has 0 bridgehead atoms. The lowest BCUT2D eigenvalue weighted by atomic mass is 9.86. The van der Waals surface area contributed by atoms with Crippen LogP contribution >= 0.6 is 0 Å². The van der Waals surface area contributed by atoms with E-state index in [2.05, 4.69) is 220 Å². The fourth-order valence-corrected chi connectivity index (χ4v) is 8.08. The van der Waals surface area contributed by atoms with E-state index < -0.39 is 0 Å². The van der Waals surface area contributed by atoms with Crippen molar-refractivity contribution in [2.45, 2.75) is 13.8 Å². The number of rotatable bonds is 4. The molecule has 0 aliphatic carbocycles. The van der Waals surface area contributed by atoms with Gasteiger partial charge in [-0.05, 0) is 108 Å². The lowest BCUT2D eigenvalue weighted by Gasteiger charge is -2.17. The Balaban J connectivity index is 0.000000143. The maximum absolute atomic E-state index is 2.32. The number of hydrogen-bond acceptors (Lipinski definition) is 0. The predicted octanol–water partition coefficient (Wildman–Crippen LogP) is 15.3. The van der Waals surface area contributed by atoms with Crippen LogP contribution in [0.5, 0.6) is 0 Å². The summed E-state index contributed by atoms with van der Waals surface area (Å²) in [5.41, 5.74) is 12.9. The number of hydrogen-bond donors (Lipinski definition) is 0. The van der Waals surface area contributed by atoms with E-state index in [4.69, 9.17) is 0 Å². The molecular formula is C54H40. The van der Waals surface area contributed by atoms with Crippen LogP contribution in [0.1, 0.15) is 11.1 Å². The van der Waals surface area contributed by atoms with Gasteiger partial charge in [0, 0.05) is 0 Å². The maximum Gasteiger partial charge on any atom is -0.00204 e. The lowest BCUT2D eigenvalue weighted by Crippen LogP contribution is -1.90. The van der Waals surface area contributed by atoms with Crippen molar-refractivity contribution < 1.29 is 0 Å². The van der Waals surface area contributed by atoms with Crippen LogP contribution in [-0.4, -0.2) is 0 Å². The summed E-state index contributed by atoms with van der Waals surface area (Å²) in [6.45, 7) is 4.28. The first-order valence-corrected chi connectivity index (χ1v) is 18.8. The van der Waals surface area contributed by atoms with E-state index in [0.29, 0.717) is 0 Å². The smallest absolute Gasteiger partial charge is 0.00204 e. The van der Waals surface area contributed by atoms with Crippen LogP contribution in [0.4, 0.5) is 0 Å². The van der Waals surface area contributed by atoms with Gasteiger partial charge in [0.2, 0.25) is 0 Å². The molecule has 10 aromatic rings. The third-order valence-electron chi connectivity index (χ3n) is 10.6. The van der Waals surface area contributed by atoms with Crippen molar-refractivity contribution in [3.05, 3.63) is 217 Å². The highest BCUT2D eigenvalue weighted by Crippen LogP contribution is 2.44. The van der Waals surface area contributed by atoms with E-state index in [1.807, 2.05) is 0 Å². The highest BCUT2D eigenvalue weighted by molar-refractivity contribution is 6.21. The first-order chi connectivity index (χ1) is 26.6. The van der Waals surface area contributed by atoms with Crippen molar-refractivity contribution in [3.8, 4) is 44.5 Å². The third kappa shape index (κ3) is 6.12. The van der Waals surface area contributed by atoms with Crippen LogP contribution in [0.25, 0.3) is 87.6 Å². The van der Waals surface area contributed by atoms with Crippen LogP contribution in [-0.2, 0) is 0 Å². The van der Waals surface area contributed by atoms with Crippen molar-refractivity contribution in [1.82, 2.24) is 0 Å². The monoisotopic (exact) mass is 688 g/mol. The second kappa shape index (κ2) is 14.3. The van der Waals surface area contributed by atoms with E-state index in [0.717, 1.165) is 0 Å². The quantitative estimate of drug-likeness (QED) is 0.161. The Kier molecular flexibility index (Phi) is 8.79. The van der Waals surface area contributed by atoms with Gasteiger partial charge in [-0.1, -0.05) is 211 Å². The molecule has 0 saturated carbocycles. The first-order valence-electron chi connectivity index (χ1n) is 18.8. The first kappa shape index (κ1) is 33.1. The molecule has 0 radical (unpaired) electrons. The zero-order valence-corrected chi connectivity index (χ0v) is 30.6. The van der Waals surface area contributed by atoms with Gasteiger partial charge < -0.3 is 0 Å². The largest absolute Gasteiger partial charge is 0.0622 e. The Morgan fingerprint density at radius 1 is 0.259 bits per heavy atom. The van der Waals surface area contributed by atoms with Gasteiger partial charge in [-0.2, -0.15) is 0 Å². The van der Waals surface area contributed by atoms with Crippen molar-refractivity contribution in [1.29, 1.82) is 0 Å². The predicted molar refractivity (Wildman–Crippen MR) is 234 cm³/mol. The van der Waals surface area contributed by atoms with Crippen LogP contribution in [0.3, 0.4) is 0 Å². The second-order valence-corrected chi connectivity index (χ2v) is 14.2. The van der Waals surface area contributed by atoms with Gasteiger partial charge in [0.25, 0.3) is 0 Å². The molecule has 0 spiro atoms. The fourth-order valence-electron chi connectivity index (χ4n) is 8.08. The Labute approximate surface area is 317 Å². The van der Waals surface area contributed by atoms with E-state index in [1.54, 1.807) is 0 Å². The van der Waals surface area contributed by atoms with Crippen LogP contribution in [0.15, 0.2) is 206 Å². The average molecular weight is 689 g/mol. The van der Waals surface area contributed by atoms with E-state index >= 15 is 0 Å². The number of benzene rings is 10. The molecule has 0 nitrogen and oxygen atoms in total. The molecular weight excluding hydrogens is 649 g/mol. The molecule has 0 aromatic heterocycles. The van der Waals surface area contributed by atoms with Crippen molar-refractivity contribution in [3.63, 3.8) is 0 Å². The van der Waals surface area contributed by atoms with Gasteiger partial charge in [0.05, 0.1) is 0 Å². The van der Waals surface area contributed by atoms with E-state index in [-0.39, 0.29) is 0 Å². The zero-order valence-electron chi connectivity index (χ0n) is 30.6.